The highest BCUT2D eigenvalue weighted by molar-refractivity contribution is 5.15. The summed E-state index contributed by atoms with van der Waals surface area (Å²) in [5, 5.41) is 3.52. The number of ether oxygens (including phenoxy) is 1. The summed E-state index contributed by atoms with van der Waals surface area (Å²) in [5.74, 6) is 0. The van der Waals surface area contributed by atoms with Gasteiger partial charge in [0.25, 0.3) is 0 Å². The van der Waals surface area contributed by atoms with Crippen LogP contribution in [-0.2, 0) is 11.2 Å². The van der Waals surface area contributed by atoms with Crippen LogP contribution in [0.2, 0.25) is 0 Å². The van der Waals surface area contributed by atoms with E-state index in [1.165, 1.54) is 31.5 Å². The largest absolute Gasteiger partial charge is 0.380 e. The van der Waals surface area contributed by atoms with Gasteiger partial charge in [0.05, 0.1) is 6.61 Å². The van der Waals surface area contributed by atoms with Gasteiger partial charge in [-0.15, -0.1) is 0 Å². The molecule has 2 saturated heterocycles. The molecule has 2 heterocycles. The third-order valence-corrected chi connectivity index (χ3v) is 4.99. The van der Waals surface area contributed by atoms with Crippen LogP contribution in [0, 0.1) is 5.41 Å². The number of benzene rings is 1. The highest BCUT2D eigenvalue weighted by Crippen LogP contribution is 2.28. The number of rotatable bonds is 6. The molecule has 3 nitrogen and oxygen atoms in total. The summed E-state index contributed by atoms with van der Waals surface area (Å²) in [5.41, 5.74) is 1.87. The van der Waals surface area contributed by atoms with Gasteiger partial charge in [0, 0.05) is 32.3 Å². The van der Waals surface area contributed by atoms with E-state index < -0.39 is 0 Å². The fourth-order valence-corrected chi connectivity index (χ4v) is 3.61. The van der Waals surface area contributed by atoms with E-state index in [4.69, 9.17) is 4.74 Å². The predicted octanol–water partition coefficient (Wildman–Crippen LogP) is 2.32. The summed E-state index contributed by atoms with van der Waals surface area (Å²) in [4.78, 5) is 2.69. The molecule has 116 valence electrons. The standard InChI is InChI=1S/C18H28N2O/c1-18(9-10-19-14-18)15-20(17-8-12-21-13-17)11-7-16-5-3-2-4-6-16/h2-6,17,19H,7-15H2,1H3. The van der Waals surface area contributed by atoms with Gasteiger partial charge in [-0.2, -0.15) is 0 Å². The first-order valence-electron chi connectivity index (χ1n) is 8.32. The van der Waals surface area contributed by atoms with Crippen LogP contribution in [-0.4, -0.2) is 50.3 Å². The van der Waals surface area contributed by atoms with Crippen LogP contribution in [0.15, 0.2) is 30.3 Å². The summed E-state index contributed by atoms with van der Waals surface area (Å²) in [7, 11) is 0. The second-order valence-corrected chi connectivity index (χ2v) is 6.96. The zero-order valence-electron chi connectivity index (χ0n) is 13.2. The lowest BCUT2D eigenvalue weighted by molar-refractivity contribution is 0.108. The van der Waals surface area contributed by atoms with Gasteiger partial charge in [-0.05, 0) is 36.8 Å². The van der Waals surface area contributed by atoms with Crippen molar-refractivity contribution in [2.24, 2.45) is 5.41 Å². The topological polar surface area (TPSA) is 24.5 Å². The quantitative estimate of drug-likeness (QED) is 0.869. The summed E-state index contributed by atoms with van der Waals surface area (Å²) in [6, 6.07) is 11.5. The number of hydrogen-bond donors (Lipinski definition) is 1. The molecular weight excluding hydrogens is 260 g/mol. The van der Waals surface area contributed by atoms with E-state index in [1.54, 1.807) is 0 Å². The first-order valence-corrected chi connectivity index (χ1v) is 8.32. The lowest BCUT2D eigenvalue weighted by Crippen LogP contribution is -2.44. The van der Waals surface area contributed by atoms with Crippen molar-refractivity contribution in [2.75, 3.05) is 39.4 Å². The Labute approximate surface area is 128 Å². The second kappa shape index (κ2) is 6.91. The molecule has 1 aromatic carbocycles. The molecule has 2 unspecified atom stereocenters. The van der Waals surface area contributed by atoms with Crippen molar-refractivity contribution in [3.8, 4) is 0 Å². The van der Waals surface area contributed by atoms with Crippen molar-refractivity contribution >= 4 is 0 Å². The number of nitrogens with zero attached hydrogens (tertiary/aromatic N) is 1. The maximum Gasteiger partial charge on any atom is 0.0622 e. The van der Waals surface area contributed by atoms with Crippen molar-refractivity contribution < 1.29 is 4.74 Å². The van der Waals surface area contributed by atoms with Crippen LogP contribution < -0.4 is 5.32 Å². The predicted molar refractivity (Wildman–Crippen MR) is 86.5 cm³/mol. The summed E-state index contributed by atoms with van der Waals surface area (Å²) >= 11 is 0. The highest BCUT2D eigenvalue weighted by Gasteiger charge is 2.33. The van der Waals surface area contributed by atoms with E-state index in [9.17, 15) is 0 Å². The summed E-state index contributed by atoms with van der Waals surface area (Å²) < 4.78 is 5.63. The Kier molecular flexibility index (Phi) is 4.94. The molecule has 2 aliphatic heterocycles. The van der Waals surface area contributed by atoms with E-state index >= 15 is 0 Å². The highest BCUT2D eigenvalue weighted by atomic mass is 16.5. The Hall–Kier alpha value is -0.900. The number of nitrogens with one attached hydrogen (secondary N) is 1. The van der Waals surface area contributed by atoms with Gasteiger partial charge in [-0.3, -0.25) is 4.90 Å². The third-order valence-electron chi connectivity index (χ3n) is 4.99. The van der Waals surface area contributed by atoms with Gasteiger partial charge >= 0.3 is 0 Å². The van der Waals surface area contributed by atoms with E-state index in [2.05, 4.69) is 47.5 Å². The molecule has 0 radical (unpaired) electrons. The molecule has 3 rings (SSSR count). The molecule has 2 fully saturated rings. The molecule has 21 heavy (non-hydrogen) atoms. The van der Waals surface area contributed by atoms with Gasteiger partial charge in [0.1, 0.15) is 0 Å². The average Bonchev–Trinajstić information content (AvgIpc) is 3.16. The van der Waals surface area contributed by atoms with Crippen molar-refractivity contribution in [1.29, 1.82) is 0 Å². The van der Waals surface area contributed by atoms with Crippen molar-refractivity contribution in [1.82, 2.24) is 10.2 Å². The SMILES string of the molecule is CC1(CN(CCc2ccccc2)C2CCOC2)CCNC1. The zero-order chi connectivity index (χ0) is 14.5. The Balaban J connectivity index is 1.61. The maximum absolute atomic E-state index is 5.63. The Morgan fingerprint density at radius 2 is 2.19 bits per heavy atom. The van der Waals surface area contributed by atoms with Crippen LogP contribution in [0.5, 0.6) is 0 Å². The molecule has 0 saturated carbocycles. The lowest BCUT2D eigenvalue weighted by atomic mass is 9.88. The average molecular weight is 288 g/mol. The molecule has 1 aromatic rings. The smallest absolute Gasteiger partial charge is 0.0622 e. The van der Waals surface area contributed by atoms with Crippen LogP contribution in [0.3, 0.4) is 0 Å². The molecule has 0 bridgehead atoms. The van der Waals surface area contributed by atoms with E-state index in [1.807, 2.05) is 0 Å². The molecule has 2 aliphatic rings. The van der Waals surface area contributed by atoms with E-state index in [0.717, 1.165) is 32.7 Å². The van der Waals surface area contributed by atoms with Gasteiger partial charge in [-0.25, -0.2) is 0 Å². The summed E-state index contributed by atoms with van der Waals surface area (Å²) in [6.07, 6.45) is 3.63. The Morgan fingerprint density at radius 1 is 1.33 bits per heavy atom. The zero-order valence-corrected chi connectivity index (χ0v) is 13.2. The van der Waals surface area contributed by atoms with Gasteiger partial charge < -0.3 is 10.1 Å². The van der Waals surface area contributed by atoms with Gasteiger partial charge in [-0.1, -0.05) is 37.3 Å². The minimum Gasteiger partial charge on any atom is -0.380 e. The van der Waals surface area contributed by atoms with Crippen LogP contribution >= 0.6 is 0 Å². The Bertz CT molecular complexity index is 422. The molecule has 1 N–H and O–H groups in total. The third kappa shape index (κ3) is 4.06. The molecular formula is C18H28N2O. The van der Waals surface area contributed by atoms with Crippen molar-refractivity contribution in [2.45, 2.75) is 32.2 Å². The maximum atomic E-state index is 5.63. The van der Waals surface area contributed by atoms with Crippen LogP contribution in [0.25, 0.3) is 0 Å². The monoisotopic (exact) mass is 288 g/mol. The summed E-state index contributed by atoms with van der Waals surface area (Å²) in [6.45, 7) is 8.94. The van der Waals surface area contributed by atoms with Gasteiger partial charge in [0.2, 0.25) is 0 Å². The van der Waals surface area contributed by atoms with E-state index in [-0.39, 0.29) is 0 Å². The van der Waals surface area contributed by atoms with Crippen LogP contribution in [0.4, 0.5) is 0 Å². The molecule has 0 aliphatic carbocycles. The fourth-order valence-electron chi connectivity index (χ4n) is 3.61. The molecule has 0 aromatic heterocycles. The molecule has 0 spiro atoms. The van der Waals surface area contributed by atoms with E-state index in [0.29, 0.717) is 11.5 Å². The first kappa shape index (κ1) is 15.0. The molecule has 3 heteroatoms. The van der Waals surface area contributed by atoms with Crippen LogP contribution in [0.1, 0.15) is 25.3 Å². The molecule has 0 amide bonds. The Morgan fingerprint density at radius 3 is 2.86 bits per heavy atom. The normalized spacial score (nSPS) is 29.3. The van der Waals surface area contributed by atoms with Gasteiger partial charge in [0.15, 0.2) is 0 Å². The van der Waals surface area contributed by atoms with Crippen molar-refractivity contribution in [3.05, 3.63) is 35.9 Å². The minimum atomic E-state index is 0.430. The fraction of sp³-hybridized carbons (Fsp3) is 0.667. The second-order valence-electron chi connectivity index (χ2n) is 6.96. The van der Waals surface area contributed by atoms with Crippen molar-refractivity contribution in [3.63, 3.8) is 0 Å². The lowest BCUT2D eigenvalue weighted by Gasteiger charge is -2.35. The molecule has 2 atom stereocenters. The number of hydrogen-bond acceptors (Lipinski definition) is 3. The first-order chi connectivity index (χ1) is 10.3. The minimum absolute atomic E-state index is 0.430.